The molecule has 1 saturated heterocycles. The van der Waals surface area contributed by atoms with Crippen LogP contribution in [0.4, 0.5) is 0 Å². The van der Waals surface area contributed by atoms with E-state index in [1.165, 1.54) is 43.4 Å². The standard InChI is InChI=1S/C16H23NO/c1-11-13(14-6-4-10-17-14)9-8-12-5-3-7-15(18-2)16(11)12/h3,5,7,11,13-14,17H,4,6,8-10H2,1-2H3/t11-,13-,14?/m0/s1. The summed E-state index contributed by atoms with van der Waals surface area (Å²) >= 11 is 0. The lowest BCUT2D eigenvalue weighted by Gasteiger charge is -2.36. The monoisotopic (exact) mass is 245 g/mol. The number of hydrogen-bond acceptors (Lipinski definition) is 2. The van der Waals surface area contributed by atoms with Gasteiger partial charge in [0.15, 0.2) is 0 Å². The van der Waals surface area contributed by atoms with Crippen molar-refractivity contribution in [2.45, 2.75) is 44.6 Å². The molecule has 1 fully saturated rings. The molecule has 1 aliphatic carbocycles. The molecular weight excluding hydrogens is 222 g/mol. The molecule has 3 rings (SSSR count). The van der Waals surface area contributed by atoms with Gasteiger partial charge in [-0.05, 0) is 55.7 Å². The number of benzene rings is 1. The second-order valence-electron chi connectivity index (χ2n) is 5.73. The highest BCUT2D eigenvalue weighted by atomic mass is 16.5. The van der Waals surface area contributed by atoms with Crippen LogP contribution >= 0.6 is 0 Å². The molecule has 1 heterocycles. The molecule has 1 unspecified atom stereocenters. The van der Waals surface area contributed by atoms with E-state index in [1.807, 2.05) is 0 Å². The highest BCUT2D eigenvalue weighted by Gasteiger charge is 2.34. The van der Waals surface area contributed by atoms with Crippen molar-refractivity contribution in [2.24, 2.45) is 5.92 Å². The Labute approximate surface area is 110 Å². The third kappa shape index (κ3) is 1.93. The Bertz CT molecular complexity index is 409. The van der Waals surface area contributed by atoms with E-state index in [0.717, 1.165) is 17.7 Å². The second kappa shape index (κ2) is 4.93. The zero-order chi connectivity index (χ0) is 12.5. The minimum atomic E-state index is 0.612. The minimum absolute atomic E-state index is 0.612. The van der Waals surface area contributed by atoms with Crippen LogP contribution in [0.5, 0.6) is 5.75 Å². The first-order chi connectivity index (χ1) is 8.81. The summed E-state index contributed by atoms with van der Waals surface area (Å²) in [7, 11) is 1.79. The maximum atomic E-state index is 5.57. The van der Waals surface area contributed by atoms with Crippen LogP contribution in [0.25, 0.3) is 0 Å². The smallest absolute Gasteiger partial charge is 0.122 e. The Morgan fingerprint density at radius 3 is 2.89 bits per heavy atom. The molecule has 2 aliphatic rings. The van der Waals surface area contributed by atoms with E-state index in [0.29, 0.717) is 5.92 Å². The average Bonchev–Trinajstić information content (AvgIpc) is 2.92. The molecule has 3 atom stereocenters. The average molecular weight is 245 g/mol. The summed E-state index contributed by atoms with van der Waals surface area (Å²) in [5, 5.41) is 3.68. The van der Waals surface area contributed by atoms with E-state index in [2.05, 4.69) is 30.4 Å². The minimum Gasteiger partial charge on any atom is -0.496 e. The van der Waals surface area contributed by atoms with Crippen molar-refractivity contribution in [3.05, 3.63) is 29.3 Å². The van der Waals surface area contributed by atoms with Crippen LogP contribution in [0, 0.1) is 5.92 Å². The molecular formula is C16H23NO. The first-order valence-electron chi connectivity index (χ1n) is 7.20. The third-order valence-electron chi connectivity index (χ3n) is 4.84. The topological polar surface area (TPSA) is 21.3 Å². The second-order valence-corrected chi connectivity index (χ2v) is 5.73. The first kappa shape index (κ1) is 12.0. The lowest BCUT2D eigenvalue weighted by Crippen LogP contribution is -2.36. The molecule has 0 saturated carbocycles. The van der Waals surface area contributed by atoms with Gasteiger partial charge >= 0.3 is 0 Å². The number of fused-ring (bicyclic) bond motifs is 1. The van der Waals surface area contributed by atoms with Gasteiger partial charge in [0, 0.05) is 11.6 Å². The molecule has 0 amide bonds. The van der Waals surface area contributed by atoms with Gasteiger partial charge in [0.25, 0.3) is 0 Å². The van der Waals surface area contributed by atoms with Crippen molar-refractivity contribution in [1.82, 2.24) is 5.32 Å². The normalized spacial score (nSPS) is 31.1. The predicted molar refractivity (Wildman–Crippen MR) is 74.2 cm³/mol. The van der Waals surface area contributed by atoms with Gasteiger partial charge in [0.2, 0.25) is 0 Å². The number of ether oxygens (including phenoxy) is 1. The molecule has 2 heteroatoms. The number of methoxy groups -OCH3 is 1. The summed E-state index contributed by atoms with van der Waals surface area (Å²) in [6, 6.07) is 7.23. The fourth-order valence-electron chi connectivity index (χ4n) is 3.92. The van der Waals surface area contributed by atoms with Crippen LogP contribution in [-0.4, -0.2) is 19.7 Å². The van der Waals surface area contributed by atoms with Crippen LogP contribution in [0.1, 0.15) is 43.2 Å². The van der Waals surface area contributed by atoms with Crippen molar-refractivity contribution in [3.8, 4) is 5.75 Å². The predicted octanol–water partition coefficient (Wildman–Crippen LogP) is 3.11. The lowest BCUT2D eigenvalue weighted by atomic mass is 9.72. The molecule has 1 aliphatic heterocycles. The summed E-state index contributed by atoms with van der Waals surface area (Å²) in [6.07, 6.45) is 5.21. The van der Waals surface area contributed by atoms with E-state index in [-0.39, 0.29) is 0 Å². The van der Waals surface area contributed by atoms with Crippen LogP contribution in [0.2, 0.25) is 0 Å². The van der Waals surface area contributed by atoms with Crippen molar-refractivity contribution in [3.63, 3.8) is 0 Å². The van der Waals surface area contributed by atoms with E-state index in [4.69, 9.17) is 4.74 Å². The Morgan fingerprint density at radius 2 is 2.17 bits per heavy atom. The number of rotatable bonds is 2. The molecule has 0 radical (unpaired) electrons. The molecule has 0 aromatic heterocycles. The van der Waals surface area contributed by atoms with Crippen LogP contribution in [0.15, 0.2) is 18.2 Å². The van der Waals surface area contributed by atoms with Crippen LogP contribution in [-0.2, 0) is 6.42 Å². The largest absolute Gasteiger partial charge is 0.496 e. The number of aryl methyl sites for hydroxylation is 1. The van der Waals surface area contributed by atoms with Crippen molar-refractivity contribution in [2.75, 3.05) is 13.7 Å². The maximum absolute atomic E-state index is 5.57. The molecule has 98 valence electrons. The summed E-state index contributed by atoms with van der Waals surface area (Å²) in [6.45, 7) is 3.58. The van der Waals surface area contributed by atoms with Gasteiger partial charge in [-0.1, -0.05) is 19.1 Å². The summed E-state index contributed by atoms with van der Waals surface area (Å²) in [5.74, 6) is 2.47. The van der Waals surface area contributed by atoms with Crippen molar-refractivity contribution in [1.29, 1.82) is 0 Å². The fourth-order valence-corrected chi connectivity index (χ4v) is 3.92. The van der Waals surface area contributed by atoms with Crippen molar-refractivity contribution < 1.29 is 4.74 Å². The van der Waals surface area contributed by atoms with Gasteiger partial charge in [0.05, 0.1) is 7.11 Å². The third-order valence-corrected chi connectivity index (χ3v) is 4.84. The zero-order valence-corrected chi connectivity index (χ0v) is 11.4. The molecule has 1 aromatic rings. The van der Waals surface area contributed by atoms with E-state index in [1.54, 1.807) is 7.11 Å². The van der Waals surface area contributed by atoms with E-state index >= 15 is 0 Å². The Hall–Kier alpha value is -1.02. The molecule has 1 aromatic carbocycles. The van der Waals surface area contributed by atoms with Gasteiger partial charge in [-0.2, -0.15) is 0 Å². The van der Waals surface area contributed by atoms with Gasteiger partial charge in [0.1, 0.15) is 5.75 Å². The van der Waals surface area contributed by atoms with Gasteiger partial charge in [-0.25, -0.2) is 0 Å². The van der Waals surface area contributed by atoms with E-state index in [9.17, 15) is 0 Å². The van der Waals surface area contributed by atoms with Gasteiger partial charge < -0.3 is 10.1 Å². The van der Waals surface area contributed by atoms with Gasteiger partial charge in [-0.3, -0.25) is 0 Å². The summed E-state index contributed by atoms with van der Waals surface area (Å²) in [4.78, 5) is 0. The SMILES string of the molecule is COc1cccc2c1[C@@H](C)[C@@H](C1CCCN1)CC2. The quantitative estimate of drug-likeness (QED) is 0.864. The molecule has 1 N–H and O–H groups in total. The van der Waals surface area contributed by atoms with Crippen LogP contribution in [0.3, 0.4) is 0 Å². The Kier molecular flexibility index (Phi) is 3.29. The first-order valence-corrected chi connectivity index (χ1v) is 7.20. The Morgan fingerprint density at radius 1 is 1.28 bits per heavy atom. The lowest BCUT2D eigenvalue weighted by molar-refractivity contribution is 0.294. The molecule has 0 spiro atoms. The summed E-state index contributed by atoms with van der Waals surface area (Å²) in [5.41, 5.74) is 2.96. The molecule has 2 nitrogen and oxygen atoms in total. The molecule has 18 heavy (non-hydrogen) atoms. The zero-order valence-electron chi connectivity index (χ0n) is 11.4. The molecule has 0 bridgehead atoms. The highest BCUT2D eigenvalue weighted by molar-refractivity contribution is 5.44. The Balaban J connectivity index is 1.92. The van der Waals surface area contributed by atoms with Crippen molar-refractivity contribution >= 4 is 0 Å². The fraction of sp³-hybridized carbons (Fsp3) is 0.625. The highest BCUT2D eigenvalue weighted by Crippen LogP contribution is 2.43. The van der Waals surface area contributed by atoms with E-state index < -0.39 is 0 Å². The van der Waals surface area contributed by atoms with Gasteiger partial charge in [-0.15, -0.1) is 0 Å². The van der Waals surface area contributed by atoms with Crippen LogP contribution < -0.4 is 10.1 Å². The number of hydrogen-bond donors (Lipinski definition) is 1. The summed E-state index contributed by atoms with van der Waals surface area (Å²) < 4.78 is 5.57. The maximum Gasteiger partial charge on any atom is 0.122 e. The number of nitrogens with one attached hydrogen (secondary N) is 1.